The van der Waals surface area contributed by atoms with Crippen LogP contribution in [0.5, 0.6) is 0 Å². The first kappa shape index (κ1) is 15.9. The highest BCUT2D eigenvalue weighted by Gasteiger charge is 2.31. The SMILES string of the molecule is FC(F)(F)Cn1nnnc1CN1CCCC(c2ccncc2)C1. The molecule has 0 spiro atoms. The van der Waals surface area contributed by atoms with Gasteiger partial charge in [-0.25, -0.2) is 4.68 Å². The summed E-state index contributed by atoms with van der Waals surface area (Å²) in [6.07, 6.45) is 1.25. The third-order valence-corrected chi connectivity index (χ3v) is 3.98. The van der Waals surface area contributed by atoms with Crippen LogP contribution in [0, 0.1) is 0 Å². The lowest BCUT2D eigenvalue weighted by Crippen LogP contribution is -2.35. The Morgan fingerprint density at radius 3 is 2.74 bits per heavy atom. The van der Waals surface area contributed by atoms with E-state index in [1.165, 1.54) is 5.56 Å². The van der Waals surface area contributed by atoms with E-state index in [-0.39, 0.29) is 5.82 Å². The molecular formula is C14H17F3N6. The monoisotopic (exact) mass is 326 g/mol. The van der Waals surface area contributed by atoms with Crippen molar-refractivity contribution in [3.8, 4) is 0 Å². The molecule has 1 saturated heterocycles. The van der Waals surface area contributed by atoms with Crippen LogP contribution in [-0.4, -0.2) is 49.4 Å². The first-order valence-electron chi connectivity index (χ1n) is 7.45. The number of nitrogens with zero attached hydrogens (tertiary/aromatic N) is 6. The topological polar surface area (TPSA) is 59.7 Å². The number of alkyl halides is 3. The Labute approximate surface area is 131 Å². The maximum Gasteiger partial charge on any atom is 0.408 e. The molecule has 23 heavy (non-hydrogen) atoms. The van der Waals surface area contributed by atoms with E-state index in [2.05, 4.69) is 25.4 Å². The second-order valence-electron chi connectivity index (χ2n) is 5.72. The van der Waals surface area contributed by atoms with Crippen molar-refractivity contribution in [1.29, 1.82) is 0 Å². The molecule has 1 unspecified atom stereocenters. The van der Waals surface area contributed by atoms with Gasteiger partial charge in [-0.3, -0.25) is 9.88 Å². The Kier molecular flexibility index (Phi) is 4.56. The predicted octanol–water partition coefficient (Wildman–Crippen LogP) is 2.01. The van der Waals surface area contributed by atoms with Crippen LogP contribution in [0.1, 0.15) is 30.1 Å². The molecule has 0 bridgehead atoms. The van der Waals surface area contributed by atoms with E-state index in [0.717, 1.165) is 30.6 Å². The highest BCUT2D eigenvalue weighted by Crippen LogP contribution is 2.27. The highest BCUT2D eigenvalue weighted by molar-refractivity contribution is 5.17. The number of aromatic nitrogens is 5. The van der Waals surface area contributed by atoms with E-state index >= 15 is 0 Å². The molecule has 0 N–H and O–H groups in total. The van der Waals surface area contributed by atoms with Gasteiger partial charge in [0.2, 0.25) is 0 Å². The van der Waals surface area contributed by atoms with Crippen molar-refractivity contribution in [2.24, 2.45) is 0 Å². The molecule has 6 nitrogen and oxygen atoms in total. The zero-order chi connectivity index (χ0) is 16.3. The summed E-state index contributed by atoms with van der Waals surface area (Å²) in [6, 6.07) is 3.98. The number of hydrogen-bond acceptors (Lipinski definition) is 5. The summed E-state index contributed by atoms with van der Waals surface area (Å²) in [6.45, 7) is 0.783. The third-order valence-electron chi connectivity index (χ3n) is 3.98. The van der Waals surface area contributed by atoms with Crippen LogP contribution in [0.15, 0.2) is 24.5 Å². The van der Waals surface area contributed by atoms with Crippen molar-refractivity contribution in [1.82, 2.24) is 30.1 Å². The van der Waals surface area contributed by atoms with Crippen molar-refractivity contribution in [3.05, 3.63) is 35.9 Å². The van der Waals surface area contributed by atoms with Crippen molar-refractivity contribution in [2.75, 3.05) is 13.1 Å². The maximum atomic E-state index is 12.5. The summed E-state index contributed by atoms with van der Waals surface area (Å²) in [5.74, 6) is 0.608. The minimum Gasteiger partial charge on any atom is -0.295 e. The van der Waals surface area contributed by atoms with Gasteiger partial charge < -0.3 is 0 Å². The van der Waals surface area contributed by atoms with Crippen molar-refractivity contribution in [3.63, 3.8) is 0 Å². The molecule has 0 aliphatic carbocycles. The largest absolute Gasteiger partial charge is 0.408 e. The smallest absolute Gasteiger partial charge is 0.295 e. The fraction of sp³-hybridized carbons (Fsp3) is 0.571. The fourth-order valence-electron chi connectivity index (χ4n) is 2.94. The van der Waals surface area contributed by atoms with Gasteiger partial charge in [-0.15, -0.1) is 5.10 Å². The zero-order valence-corrected chi connectivity index (χ0v) is 12.4. The lowest BCUT2D eigenvalue weighted by molar-refractivity contribution is -0.143. The molecule has 0 saturated carbocycles. The van der Waals surface area contributed by atoms with Gasteiger partial charge in [0.25, 0.3) is 0 Å². The van der Waals surface area contributed by atoms with Gasteiger partial charge in [-0.2, -0.15) is 13.2 Å². The molecule has 9 heteroatoms. The quantitative estimate of drug-likeness (QED) is 0.860. The minimum absolute atomic E-state index is 0.248. The normalized spacial score (nSPS) is 19.9. The van der Waals surface area contributed by atoms with Gasteiger partial charge in [0.05, 0.1) is 6.54 Å². The van der Waals surface area contributed by atoms with Crippen LogP contribution in [-0.2, 0) is 13.1 Å². The number of likely N-dealkylation sites (tertiary alicyclic amines) is 1. The Bertz CT molecular complexity index is 627. The minimum atomic E-state index is -4.33. The summed E-state index contributed by atoms with van der Waals surface area (Å²) in [4.78, 5) is 6.12. The molecule has 1 atom stereocenters. The first-order chi connectivity index (χ1) is 11.0. The van der Waals surface area contributed by atoms with E-state index in [4.69, 9.17) is 0 Å². The Balaban J connectivity index is 1.66. The number of rotatable bonds is 4. The molecule has 2 aromatic rings. The number of tetrazole rings is 1. The molecule has 1 aliphatic rings. The number of halogens is 3. The number of hydrogen-bond donors (Lipinski definition) is 0. The lowest BCUT2D eigenvalue weighted by Gasteiger charge is -2.32. The average molecular weight is 326 g/mol. The van der Waals surface area contributed by atoms with Gasteiger partial charge in [0.1, 0.15) is 6.54 Å². The van der Waals surface area contributed by atoms with Crippen molar-refractivity contribution < 1.29 is 13.2 Å². The highest BCUT2D eigenvalue weighted by atomic mass is 19.4. The summed E-state index contributed by atoms with van der Waals surface area (Å²) >= 11 is 0. The average Bonchev–Trinajstić information content (AvgIpc) is 2.93. The van der Waals surface area contributed by atoms with Gasteiger partial charge in [0.15, 0.2) is 5.82 Å². The molecule has 3 rings (SSSR count). The third kappa shape index (κ3) is 4.25. The Morgan fingerprint density at radius 1 is 1.22 bits per heavy atom. The molecule has 124 valence electrons. The van der Waals surface area contributed by atoms with E-state index in [9.17, 15) is 13.2 Å². The molecule has 0 amide bonds. The number of pyridine rings is 1. The van der Waals surface area contributed by atoms with Crippen LogP contribution in [0.4, 0.5) is 13.2 Å². The van der Waals surface area contributed by atoms with Gasteiger partial charge in [-0.05, 0) is 53.4 Å². The van der Waals surface area contributed by atoms with E-state index in [1.54, 1.807) is 12.4 Å². The van der Waals surface area contributed by atoms with Gasteiger partial charge in [0, 0.05) is 18.9 Å². The van der Waals surface area contributed by atoms with E-state index in [1.807, 2.05) is 12.1 Å². The Morgan fingerprint density at radius 2 is 2.00 bits per heavy atom. The van der Waals surface area contributed by atoms with Crippen molar-refractivity contribution in [2.45, 2.75) is 38.0 Å². The van der Waals surface area contributed by atoms with Gasteiger partial charge >= 0.3 is 6.18 Å². The van der Waals surface area contributed by atoms with Gasteiger partial charge in [-0.1, -0.05) is 0 Å². The fourth-order valence-corrected chi connectivity index (χ4v) is 2.94. The molecule has 3 heterocycles. The Hall–Kier alpha value is -2.03. The second kappa shape index (κ2) is 6.61. The summed E-state index contributed by atoms with van der Waals surface area (Å²) < 4.78 is 38.4. The second-order valence-corrected chi connectivity index (χ2v) is 5.72. The first-order valence-corrected chi connectivity index (χ1v) is 7.45. The molecule has 1 fully saturated rings. The summed E-state index contributed by atoms with van der Waals surface area (Å²) in [5, 5.41) is 10.6. The molecule has 2 aromatic heterocycles. The predicted molar refractivity (Wildman–Crippen MR) is 75.4 cm³/mol. The number of piperidine rings is 1. The maximum absolute atomic E-state index is 12.5. The van der Waals surface area contributed by atoms with Crippen LogP contribution in [0.25, 0.3) is 0 Å². The van der Waals surface area contributed by atoms with E-state index in [0.29, 0.717) is 12.5 Å². The molecule has 1 aliphatic heterocycles. The standard InChI is InChI=1S/C14H17F3N6/c15-14(16,17)10-23-13(19-20-21-23)9-22-7-1-2-12(8-22)11-3-5-18-6-4-11/h3-6,12H,1-2,7-10H2. The summed E-state index contributed by atoms with van der Waals surface area (Å²) in [7, 11) is 0. The lowest BCUT2D eigenvalue weighted by atomic mass is 9.91. The van der Waals surface area contributed by atoms with Crippen molar-refractivity contribution >= 4 is 0 Å². The van der Waals surface area contributed by atoms with Crippen LogP contribution < -0.4 is 0 Å². The summed E-state index contributed by atoms with van der Waals surface area (Å²) in [5.41, 5.74) is 1.21. The zero-order valence-electron chi connectivity index (χ0n) is 12.4. The van der Waals surface area contributed by atoms with E-state index < -0.39 is 12.7 Å². The molecule has 0 aromatic carbocycles. The molecule has 0 radical (unpaired) electrons. The molecular weight excluding hydrogens is 309 g/mol. The van der Waals surface area contributed by atoms with Crippen LogP contribution in [0.3, 0.4) is 0 Å². The van der Waals surface area contributed by atoms with Crippen LogP contribution in [0.2, 0.25) is 0 Å². The van der Waals surface area contributed by atoms with Crippen LogP contribution >= 0.6 is 0 Å².